The summed E-state index contributed by atoms with van der Waals surface area (Å²) >= 11 is 0. The first kappa shape index (κ1) is 6.60. The Morgan fingerprint density at radius 2 is 1.44 bits per heavy atom. The minimum Gasteiger partial charge on any atom is -0.0813 e. The summed E-state index contributed by atoms with van der Waals surface area (Å²) in [5.41, 5.74) is 2.93. The molecule has 0 heterocycles. The predicted molar refractivity (Wildman–Crippen MR) is 41.4 cm³/mol. The fourth-order valence-corrected chi connectivity index (χ4v) is 1.08. The fraction of sp³-hybridized carbons (Fsp3) is 0.556. The summed E-state index contributed by atoms with van der Waals surface area (Å²) in [6.45, 7) is 4.38. The molecule has 0 aromatic rings. The molecule has 1 aliphatic carbocycles. The molecular weight excluding hydrogens is 108 g/mol. The monoisotopic (exact) mass is 122 g/mol. The van der Waals surface area contributed by atoms with Gasteiger partial charge >= 0.3 is 0 Å². The van der Waals surface area contributed by atoms with Crippen molar-refractivity contribution in [2.45, 2.75) is 33.1 Å². The lowest BCUT2D eigenvalue weighted by Gasteiger charge is -1.95. The number of hydrogen-bond donors (Lipinski definition) is 0. The second-order valence-electron chi connectivity index (χ2n) is 2.71. The first-order chi connectivity index (χ1) is 4.30. The van der Waals surface area contributed by atoms with Crippen LogP contribution in [0.3, 0.4) is 0 Å². The third kappa shape index (κ3) is 1.70. The molecule has 0 nitrogen and oxygen atoms in total. The van der Waals surface area contributed by atoms with E-state index in [0.717, 1.165) is 0 Å². The molecule has 0 saturated carbocycles. The highest BCUT2D eigenvalue weighted by Crippen LogP contribution is 2.16. The van der Waals surface area contributed by atoms with Crippen LogP contribution in [0.5, 0.6) is 0 Å². The van der Waals surface area contributed by atoms with Gasteiger partial charge in [-0.05, 0) is 33.1 Å². The fourth-order valence-electron chi connectivity index (χ4n) is 1.08. The van der Waals surface area contributed by atoms with Crippen molar-refractivity contribution in [3.05, 3.63) is 23.3 Å². The molecule has 0 bridgehead atoms. The molecule has 0 saturated heterocycles. The van der Waals surface area contributed by atoms with Gasteiger partial charge in [0.25, 0.3) is 0 Å². The summed E-state index contributed by atoms with van der Waals surface area (Å²) < 4.78 is 0. The highest BCUT2D eigenvalue weighted by molar-refractivity contribution is 5.27. The molecule has 0 radical (unpaired) electrons. The number of hydrogen-bond acceptors (Lipinski definition) is 0. The van der Waals surface area contributed by atoms with Gasteiger partial charge < -0.3 is 0 Å². The van der Waals surface area contributed by atoms with Crippen LogP contribution >= 0.6 is 0 Å². The van der Waals surface area contributed by atoms with E-state index in [2.05, 4.69) is 26.0 Å². The zero-order valence-corrected chi connectivity index (χ0v) is 6.28. The summed E-state index contributed by atoms with van der Waals surface area (Å²) in [7, 11) is 0. The van der Waals surface area contributed by atoms with E-state index in [9.17, 15) is 0 Å². The Balaban J connectivity index is 2.71. The van der Waals surface area contributed by atoms with Crippen molar-refractivity contribution >= 4 is 0 Å². The molecule has 0 amide bonds. The van der Waals surface area contributed by atoms with Crippen LogP contribution in [0.15, 0.2) is 23.3 Å². The third-order valence-electron chi connectivity index (χ3n) is 1.93. The Kier molecular flexibility index (Phi) is 2.10. The minimum atomic E-state index is 1.26. The van der Waals surface area contributed by atoms with Gasteiger partial charge in [0, 0.05) is 0 Å². The van der Waals surface area contributed by atoms with Crippen molar-refractivity contribution in [2.75, 3.05) is 0 Å². The van der Waals surface area contributed by atoms with Crippen LogP contribution in [0.2, 0.25) is 0 Å². The maximum absolute atomic E-state index is 2.33. The second kappa shape index (κ2) is 2.86. The van der Waals surface area contributed by atoms with Gasteiger partial charge in [0.2, 0.25) is 0 Å². The molecule has 0 spiro atoms. The topological polar surface area (TPSA) is 0 Å². The SMILES string of the molecule is CC1=CCCCC=C1C. The van der Waals surface area contributed by atoms with Crippen LogP contribution in [0, 0.1) is 0 Å². The van der Waals surface area contributed by atoms with E-state index < -0.39 is 0 Å². The van der Waals surface area contributed by atoms with Crippen molar-refractivity contribution in [1.29, 1.82) is 0 Å². The maximum atomic E-state index is 2.33. The molecule has 9 heavy (non-hydrogen) atoms. The Hall–Kier alpha value is -0.520. The van der Waals surface area contributed by atoms with E-state index in [1.165, 1.54) is 30.4 Å². The number of rotatable bonds is 0. The molecule has 1 rings (SSSR count). The van der Waals surface area contributed by atoms with Crippen LogP contribution in [0.25, 0.3) is 0 Å². The summed E-state index contributed by atoms with van der Waals surface area (Å²) in [4.78, 5) is 0. The molecule has 0 aromatic heterocycles. The molecule has 0 unspecified atom stereocenters. The molecule has 0 fully saturated rings. The zero-order valence-electron chi connectivity index (χ0n) is 6.28. The first-order valence-corrected chi connectivity index (χ1v) is 3.64. The predicted octanol–water partition coefficient (Wildman–Crippen LogP) is 3.06. The van der Waals surface area contributed by atoms with Gasteiger partial charge in [0.15, 0.2) is 0 Å². The van der Waals surface area contributed by atoms with E-state index in [1.807, 2.05) is 0 Å². The smallest absolute Gasteiger partial charge is 0.0342 e. The van der Waals surface area contributed by atoms with Crippen molar-refractivity contribution in [3.63, 3.8) is 0 Å². The van der Waals surface area contributed by atoms with Crippen LogP contribution in [-0.2, 0) is 0 Å². The quantitative estimate of drug-likeness (QED) is 0.463. The van der Waals surface area contributed by atoms with Gasteiger partial charge in [0.1, 0.15) is 0 Å². The van der Waals surface area contributed by atoms with E-state index in [1.54, 1.807) is 0 Å². The molecule has 0 heteroatoms. The van der Waals surface area contributed by atoms with Crippen LogP contribution in [0.1, 0.15) is 33.1 Å². The summed E-state index contributed by atoms with van der Waals surface area (Å²) in [6.07, 6.45) is 8.52. The van der Waals surface area contributed by atoms with Crippen molar-refractivity contribution in [3.8, 4) is 0 Å². The van der Waals surface area contributed by atoms with Gasteiger partial charge in [-0.15, -0.1) is 0 Å². The van der Waals surface area contributed by atoms with Crippen LogP contribution in [-0.4, -0.2) is 0 Å². The molecule has 0 aromatic carbocycles. The van der Waals surface area contributed by atoms with Crippen molar-refractivity contribution in [1.82, 2.24) is 0 Å². The molecule has 0 N–H and O–H groups in total. The Labute approximate surface area is 57.3 Å². The Morgan fingerprint density at radius 3 is 1.89 bits per heavy atom. The Bertz CT molecular complexity index is 131. The lowest BCUT2D eigenvalue weighted by molar-refractivity contribution is 0.873. The maximum Gasteiger partial charge on any atom is -0.0342 e. The van der Waals surface area contributed by atoms with Crippen LogP contribution in [0.4, 0.5) is 0 Å². The minimum absolute atomic E-state index is 1.26. The van der Waals surface area contributed by atoms with E-state index in [4.69, 9.17) is 0 Å². The first-order valence-electron chi connectivity index (χ1n) is 3.64. The molecule has 0 aliphatic heterocycles. The van der Waals surface area contributed by atoms with Gasteiger partial charge in [-0.3, -0.25) is 0 Å². The zero-order chi connectivity index (χ0) is 6.69. The van der Waals surface area contributed by atoms with Crippen LogP contribution < -0.4 is 0 Å². The standard InChI is InChI=1S/C9H14/c1-8-6-4-3-5-7-9(8)2/h6-7H,3-5H2,1-2H3. The molecule has 50 valence electrons. The lowest BCUT2D eigenvalue weighted by atomic mass is 10.1. The van der Waals surface area contributed by atoms with Gasteiger partial charge in [-0.1, -0.05) is 23.3 Å². The normalized spacial score (nSPS) is 20.2. The average molecular weight is 122 g/mol. The number of allylic oxidation sites excluding steroid dienone is 4. The van der Waals surface area contributed by atoms with E-state index in [-0.39, 0.29) is 0 Å². The molecule has 0 atom stereocenters. The third-order valence-corrected chi connectivity index (χ3v) is 1.93. The highest BCUT2D eigenvalue weighted by Gasteiger charge is 1.95. The van der Waals surface area contributed by atoms with Gasteiger partial charge in [-0.25, -0.2) is 0 Å². The Morgan fingerprint density at radius 1 is 1.00 bits per heavy atom. The molecular formula is C9H14. The summed E-state index contributed by atoms with van der Waals surface area (Å²) in [5.74, 6) is 0. The largest absolute Gasteiger partial charge is 0.0813 e. The molecule has 1 aliphatic rings. The van der Waals surface area contributed by atoms with E-state index in [0.29, 0.717) is 0 Å². The second-order valence-corrected chi connectivity index (χ2v) is 2.71. The van der Waals surface area contributed by atoms with Gasteiger partial charge in [0.05, 0.1) is 0 Å². The average Bonchev–Trinajstić information content (AvgIpc) is 1.99. The van der Waals surface area contributed by atoms with E-state index >= 15 is 0 Å². The van der Waals surface area contributed by atoms with Crippen molar-refractivity contribution < 1.29 is 0 Å². The summed E-state index contributed by atoms with van der Waals surface area (Å²) in [5, 5.41) is 0. The van der Waals surface area contributed by atoms with Crippen molar-refractivity contribution in [2.24, 2.45) is 0 Å². The summed E-state index contributed by atoms with van der Waals surface area (Å²) in [6, 6.07) is 0. The lowest BCUT2D eigenvalue weighted by Crippen LogP contribution is -1.74. The highest BCUT2D eigenvalue weighted by atomic mass is 14.0. The van der Waals surface area contributed by atoms with Gasteiger partial charge in [-0.2, -0.15) is 0 Å².